The normalized spacial score (nSPS) is 13.2. The van der Waals surface area contributed by atoms with Crippen molar-refractivity contribution in [3.63, 3.8) is 0 Å². The molecule has 0 amide bonds. The Hall–Kier alpha value is -7.17. The van der Waals surface area contributed by atoms with Crippen LogP contribution in [0.3, 0.4) is 0 Å². The predicted octanol–water partition coefficient (Wildman–Crippen LogP) is 19.6. The molecule has 3 aromatic heterocycles. The highest BCUT2D eigenvalue weighted by Gasteiger charge is 2.56. The van der Waals surface area contributed by atoms with Crippen LogP contribution in [-0.2, 0) is 122 Å². The number of nitrogens with one attached hydrogen (secondary N) is 1. The molecule has 3 heterocycles. The second kappa shape index (κ2) is 37.0. The largest absolute Gasteiger partial charge is 0.399 e. The van der Waals surface area contributed by atoms with E-state index in [1.165, 1.54) is 77.2 Å². The van der Waals surface area contributed by atoms with Gasteiger partial charge < -0.3 is 39.1 Å². The molecule has 0 aliphatic heterocycles. The molecule has 0 spiro atoms. The van der Waals surface area contributed by atoms with Gasteiger partial charge in [0.25, 0.3) is 11.8 Å². The fourth-order valence-corrected chi connectivity index (χ4v) is 20.7. The standard InChI is InChI=1S/C26H22Br2F4N4.2C25H22Br2F4N4O6P2/c1-24(29,30)19-10-8-16(12-21(19)27)14-26(23-33-35-36-34-23,18-6-4-3-5-7-18)15-17-9-11-20(22(28)13-17)25(2,31)32;1-35-22(32-33-34-35)23(17-5-3-2-4-6-17,13-15-7-9-18(20(26)11-15)24(28,29)42(36,37)38)14-16-8-10-19(21(27)12-16)25(30,31)43(39,40)41;1-35-33-22(32-34-35)23(17-5-3-2-4-6-17,13-15-7-9-18(20(26)11-15)24(28,29)42(36,37)38)14-16-8-10-19(21(27)12-16)25(30,31)43(39,40)41/h3-13H,14-15H2,1-2H3,(H,33,34,35,36);2*2-12H,13-14H2,1H3,(H2,36,37,38)(H2,39,40,41). The maximum atomic E-state index is 14.5. The molecule has 9 aromatic carbocycles. The highest BCUT2D eigenvalue weighted by atomic mass is 79.9. The van der Waals surface area contributed by atoms with Crippen LogP contribution in [0.15, 0.2) is 227 Å². The van der Waals surface area contributed by atoms with Crippen LogP contribution in [0.2, 0.25) is 0 Å². The Morgan fingerprint density at radius 2 is 0.607 bits per heavy atom. The number of benzene rings is 9. The fourth-order valence-electron chi connectivity index (χ4n) is 13.8. The predicted molar refractivity (Wildman–Crippen MR) is 443 cm³/mol. The summed E-state index contributed by atoms with van der Waals surface area (Å²) >= 11 is 18.6. The summed E-state index contributed by atoms with van der Waals surface area (Å²) in [6.45, 7) is 1.70. The zero-order valence-corrected chi connectivity index (χ0v) is 76.1. The molecular weight excluding hydrogens is 2100 g/mol. The van der Waals surface area contributed by atoms with Gasteiger partial charge in [0.2, 0.25) is 0 Å². The summed E-state index contributed by atoms with van der Waals surface area (Å²) in [4.78, 5) is 74.8. The Morgan fingerprint density at radius 3 is 0.828 bits per heavy atom. The zero-order chi connectivity index (χ0) is 90.2. The van der Waals surface area contributed by atoms with Crippen molar-refractivity contribution in [3.05, 3.63) is 328 Å². The molecule has 0 unspecified atom stereocenters. The minimum atomic E-state index is -5.84. The molecule has 0 aliphatic rings. The first-order chi connectivity index (χ1) is 56.5. The summed E-state index contributed by atoms with van der Waals surface area (Å²) in [5.41, 5.74) is -19.7. The fraction of sp³-hybridized carbons (Fsp3) is 0.250. The number of aromatic nitrogens is 12. The van der Waals surface area contributed by atoms with Gasteiger partial charge >= 0.3 is 53.0 Å². The van der Waals surface area contributed by atoms with Crippen LogP contribution in [0, 0.1) is 0 Å². The number of alkyl halides is 12. The van der Waals surface area contributed by atoms with Crippen LogP contribution >= 0.6 is 126 Å². The smallest absolute Gasteiger partial charge is 0.320 e. The molecule has 24 nitrogen and oxygen atoms in total. The average Bonchev–Trinajstić information content (AvgIpc) is 1.32. The van der Waals surface area contributed by atoms with E-state index in [2.05, 4.69) is 147 Å². The van der Waals surface area contributed by atoms with Gasteiger partial charge in [-0.15, -0.1) is 25.5 Å². The van der Waals surface area contributed by atoms with Crippen molar-refractivity contribution in [2.45, 2.75) is 103 Å². The Bertz CT molecular complexity index is 5740. The minimum Gasteiger partial charge on any atom is -0.320 e. The monoisotopic (exact) mass is 2160 g/mol. The van der Waals surface area contributed by atoms with Gasteiger partial charge in [0.1, 0.15) is 0 Å². The van der Waals surface area contributed by atoms with Crippen molar-refractivity contribution in [1.82, 2.24) is 61.0 Å². The Balaban J connectivity index is 0.000000193. The van der Waals surface area contributed by atoms with Crippen LogP contribution in [0.5, 0.6) is 0 Å². The average molecular weight is 2170 g/mol. The van der Waals surface area contributed by atoms with Crippen LogP contribution in [0.4, 0.5) is 52.7 Å². The lowest BCUT2D eigenvalue weighted by Crippen LogP contribution is -2.36. The third-order valence-electron chi connectivity index (χ3n) is 19.7. The van der Waals surface area contributed by atoms with Crippen molar-refractivity contribution < 1.29 is 110 Å². The molecule has 12 rings (SSSR count). The molecule has 0 bridgehead atoms. The van der Waals surface area contributed by atoms with E-state index in [0.29, 0.717) is 66.8 Å². The van der Waals surface area contributed by atoms with Gasteiger partial charge in [0.05, 0.1) is 23.3 Å². The third kappa shape index (κ3) is 21.1. The molecule has 122 heavy (non-hydrogen) atoms. The van der Waals surface area contributed by atoms with E-state index in [-0.39, 0.29) is 60.5 Å². The Kier molecular flexibility index (Phi) is 29.4. The molecule has 9 N–H and O–H groups in total. The van der Waals surface area contributed by atoms with E-state index < -0.39 is 103 Å². The topological polar surface area (TPSA) is 372 Å². The SMILES string of the molecule is CC(F)(F)c1ccc(CC(Cc2ccc(C(C)(F)F)c(Br)c2)(c2ccccc2)c2nn[nH]n2)cc1Br.Cn1nnc(C(Cc2ccc(C(F)(F)P(=O)(O)O)c(Br)c2)(Cc2ccc(C(F)(F)P(=O)(O)O)c(Br)c2)c2ccccc2)n1.Cn1nnnc1C(Cc1ccc(C(F)(F)P(=O)(O)O)c(Br)c1)(Cc1ccc(C(F)(F)P(=O)(O)O)c(Br)c1)c1ccccc1. The second-order valence-electron chi connectivity index (χ2n) is 28.4. The number of rotatable bonds is 28. The van der Waals surface area contributed by atoms with Gasteiger partial charge in [-0.05, 0) is 141 Å². The lowest BCUT2D eigenvalue weighted by atomic mass is 9.70. The van der Waals surface area contributed by atoms with Gasteiger partial charge in [-0.3, -0.25) is 18.3 Å². The second-order valence-corrected chi connectivity index (χ2v) is 40.1. The molecule has 46 heteroatoms. The van der Waals surface area contributed by atoms with Crippen LogP contribution in [0.25, 0.3) is 0 Å². The Labute approximate surface area is 736 Å². The van der Waals surface area contributed by atoms with Crippen molar-refractivity contribution in [2.24, 2.45) is 14.1 Å². The van der Waals surface area contributed by atoms with Gasteiger partial charge in [-0.2, -0.15) is 45.1 Å². The molecule has 12 aromatic rings. The molecule has 0 fully saturated rings. The minimum absolute atomic E-state index is 0.0150. The number of H-pyrrole nitrogens is 1. The zero-order valence-electron chi connectivity index (χ0n) is 63.0. The third-order valence-corrected chi connectivity index (χ3v) is 27.5. The van der Waals surface area contributed by atoms with E-state index in [1.54, 1.807) is 92.0 Å². The maximum absolute atomic E-state index is 14.5. The van der Waals surface area contributed by atoms with E-state index in [9.17, 15) is 110 Å². The highest BCUT2D eigenvalue weighted by Crippen LogP contribution is 2.64. The highest BCUT2D eigenvalue weighted by molar-refractivity contribution is 9.11. The molecule has 0 saturated heterocycles. The lowest BCUT2D eigenvalue weighted by molar-refractivity contribution is 0.0160. The molecule has 0 aliphatic carbocycles. The van der Waals surface area contributed by atoms with Gasteiger partial charge in [0.15, 0.2) is 17.5 Å². The maximum Gasteiger partial charge on any atom is 0.399 e. The van der Waals surface area contributed by atoms with Crippen LogP contribution in [0.1, 0.15) is 115 Å². The van der Waals surface area contributed by atoms with E-state index in [0.717, 1.165) is 54.8 Å². The summed E-state index contributed by atoms with van der Waals surface area (Å²) in [7, 11) is -20.3. The van der Waals surface area contributed by atoms with Gasteiger partial charge in [0, 0.05) is 81.1 Å². The molecular formula is C76H66Br6F12N12O12P4. The quantitative estimate of drug-likeness (QED) is 0.0162. The first-order valence-corrected chi connectivity index (χ1v) is 46.3. The number of hydrogen-bond acceptors (Lipinski definition) is 13. The summed E-state index contributed by atoms with van der Waals surface area (Å²) in [6, 6.07) is 50.4. The number of hydrogen-bond donors (Lipinski definition) is 9. The molecule has 0 radical (unpaired) electrons. The van der Waals surface area contributed by atoms with E-state index in [1.807, 2.05) is 30.3 Å². The number of tetrazole rings is 3. The number of nitrogens with zero attached hydrogens (tertiary/aromatic N) is 11. The summed E-state index contributed by atoms with van der Waals surface area (Å²) < 4.78 is 219. The van der Waals surface area contributed by atoms with Gasteiger partial charge in [-0.1, -0.05) is 265 Å². The number of aryl methyl sites for hydroxylation is 2. The van der Waals surface area contributed by atoms with E-state index in [4.69, 9.17) is 0 Å². The summed E-state index contributed by atoms with van der Waals surface area (Å²) in [5.74, 6) is -5.12. The molecule has 0 atom stereocenters. The molecule has 0 saturated carbocycles. The summed E-state index contributed by atoms with van der Waals surface area (Å²) in [5, 5.41) is 39.3. The Morgan fingerprint density at radius 1 is 0.344 bits per heavy atom. The van der Waals surface area contributed by atoms with Crippen molar-refractivity contribution in [1.29, 1.82) is 0 Å². The number of aromatic amines is 1. The van der Waals surface area contributed by atoms with Gasteiger partial charge in [-0.25, -0.2) is 22.2 Å². The summed E-state index contributed by atoms with van der Waals surface area (Å²) in [6.07, 6.45) is 0.775. The molecule has 648 valence electrons. The van der Waals surface area contributed by atoms with Crippen molar-refractivity contribution >= 4 is 126 Å². The van der Waals surface area contributed by atoms with Crippen molar-refractivity contribution in [3.8, 4) is 0 Å². The van der Waals surface area contributed by atoms with Crippen LogP contribution < -0.4 is 0 Å². The first-order valence-electron chi connectivity index (χ1n) is 35.1. The first kappa shape index (κ1) is 97.0. The van der Waals surface area contributed by atoms with E-state index >= 15 is 0 Å². The van der Waals surface area contributed by atoms with Crippen molar-refractivity contribution in [2.75, 3.05) is 0 Å². The lowest BCUT2D eigenvalue weighted by Gasteiger charge is -2.34. The van der Waals surface area contributed by atoms with Crippen LogP contribution in [-0.4, -0.2) is 100 Å². The number of halogens is 18.